The van der Waals surface area contributed by atoms with Crippen LogP contribution < -0.4 is 31.1 Å². The molecule has 0 saturated heterocycles. The van der Waals surface area contributed by atoms with E-state index in [0.717, 1.165) is 42.7 Å². The SMILES string of the molecule is Cc1cc2c(cc1N1c3cc4c(cc3B3c5cc6c(cc5N(c5cc7c(cc5C)C(C)(C)CCC7(C)C)c5cc(N(c7ccc(C(C)(C)C)cc7)c7ccc(C(C)(C)C)cc7)cc1c53)C(C)(C)c1ccccc1C6(C)C)C(C)(C)c1ccc(C(C)(C)C)cc1-4)C(C)(C)CCC2(C)C. The van der Waals surface area contributed by atoms with Gasteiger partial charge in [0.2, 0.25) is 0 Å². The normalized spacial score (nSPS) is 18.9. The van der Waals surface area contributed by atoms with Crippen LogP contribution in [0, 0.1) is 13.8 Å². The lowest BCUT2D eigenvalue weighted by Crippen LogP contribution is -2.62. The van der Waals surface area contributed by atoms with Gasteiger partial charge in [-0.1, -0.05) is 250 Å². The third-order valence-electron chi connectivity index (χ3n) is 25.5. The third kappa shape index (κ3) is 9.74. The summed E-state index contributed by atoms with van der Waals surface area (Å²) in [6.07, 6.45) is 4.58. The molecule has 0 amide bonds. The Morgan fingerprint density at radius 1 is 0.309 bits per heavy atom. The highest BCUT2D eigenvalue weighted by molar-refractivity contribution is 7.00. The van der Waals surface area contributed by atoms with Crippen molar-refractivity contribution in [3.05, 3.63) is 235 Å². The van der Waals surface area contributed by atoms with Crippen molar-refractivity contribution in [3.8, 4) is 11.1 Å². The van der Waals surface area contributed by atoms with Crippen molar-refractivity contribution in [1.29, 1.82) is 0 Å². The van der Waals surface area contributed by atoms with Crippen LogP contribution in [0.1, 0.15) is 268 Å². The van der Waals surface area contributed by atoms with E-state index in [0.29, 0.717) is 0 Å². The van der Waals surface area contributed by atoms with Crippen molar-refractivity contribution >= 4 is 74.3 Å². The molecule has 0 fully saturated rings. The van der Waals surface area contributed by atoms with Gasteiger partial charge in [0.15, 0.2) is 0 Å². The first-order valence-electron chi connectivity index (χ1n) is 36.8. The Bertz CT molecular complexity index is 4740. The van der Waals surface area contributed by atoms with E-state index in [1.165, 1.54) is 145 Å². The lowest BCUT2D eigenvalue weighted by atomic mass is 9.32. The molecule has 0 saturated carbocycles. The molecule has 0 bridgehead atoms. The Kier molecular flexibility index (Phi) is 14.0. The standard InChI is InChI=1S/C93H108BN3/c1-55-44-69-71(89(16,17)42-40-87(69,12)13)52-77(55)96-79-49-64-63-46-59(86(9,10)11)34-39-65(63)91(20,21)68(64)50-75(79)94-76-51-73-74(93(24,25)67-29-27-26-28-66(67)92(73,22)23)54-80(76)97(78-53-72-70(45-56(78)2)88(14,15)41-43-90(72,18)19)82-48-62(47-81(96)83(82)94)95(60-35-30-57(31-36-60)84(3,4)5)61-37-32-58(33-38-61)85(6,7)8/h26-39,44-54H,40-43H2,1-25H3. The van der Waals surface area contributed by atoms with Crippen LogP contribution in [-0.2, 0) is 54.1 Å². The molecular weight excluding hydrogens is 1170 g/mol. The Hall–Kier alpha value is -7.56. The van der Waals surface area contributed by atoms with E-state index in [2.05, 4.69) is 339 Å². The summed E-state index contributed by atoms with van der Waals surface area (Å²) >= 11 is 0. The van der Waals surface area contributed by atoms with Gasteiger partial charge in [0.1, 0.15) is 0 Å². The maximum absolute atomic E-state index is 2.81. The Morgan fingerprint density at radius 3 is 1.08 bits per heavy atom. The van der Waals surface area contributed by atoms with Crippen molar-refractivity contribution in [3.63, 3.8) is 0 Å². The van der Waals surface area contributed by atoms with Crippen molar-refractivity contribution in [2.24, 2.45) is 0 Å². The molecule has 3 nitrogen and oxygen atoms in total. The van der Waals surface area contributed by atoms with Crippen LogP contribution in [0.25, 0.3) is 11.1 Å². The molecule has 6 aliphatic rings. The van der Waals surface area contributed by atoms with E-state index in [-0.39, 0.29) is 60.9 Å². The first-order chi connectivity index (χ1) is 45.0. The highest BCUT2D eigenvalue weighted by Gasteiger charge is 2.51. The molecule has 0 unspecified atom stereocenters. The second-order valence-electron chi connectivity index (χ2n) is 38.2. The number of anilines is 9. The molecule has 498 valence electrons. The summed E-state index contributed by atoms with van der Waals surface area (Å²) in [5.41, 5.74) is 37.9. The number of benzene rings is 9. The molecule has 15 rings (SSSR count). The highest BCUT2D eigenvalue weighted by Crippen LogP contribution is 2.59. The van der Waals surface area contributed by atoms with E-state index in [1.54, 1.807) is 0 Å². The summed E-state index contributed by atoms with van der Waals surface area (Å²) in [7, 11) is 0. The lowest BCUT2D eigenvalue weighted by Gasteiger charge is -2.49. The molecule has 9 aromatic rings. The summed E-state index contributed by atoms with van der Waals surface area (Å²) in [6, 6.07) is 62.7. The zero-order chi connectivity index (χ0) is 69.6. The molecule has 0 spiro atoms. The summed E-state index contributed by atoms with van der Waals surface area (Å²) in [5, 5.41) is 0. The van der Waals surface area contributed by atoms with E-state index in [9.17, 15) is 0 Å². The molecule has 2 heterocycles. The number of nitrogens with zero attached hydrogens (tertiary/aromatic N) is 3. The van der Waals surface area contributed by atoms with Gasteiger partial charge in [0, 0.05) is 61.7 Å². The van der Waals surface area contributed by atoms with Crippen molar-refractivity contribution in [2.45, 2.75) is 253 Å². The maximum atomic E-state index is 2.81. The molecule has 9 aromatic carbocycles. The number of aryl methyl sites for hydroxylation is 2. The molecule has 0 N–H and O–H groups in total. The van der Waals surface area contributed by atoms with Crippen LogP contribution in [0.3, 0.4) is 0 Å². The highest BCUT2D eigenvalue weighted by atomic mass is 15.2. The summed E-state index contributed by atoms with van der Waals surface area (Å²) < 4.78 is 0. The second kappa shape index (κ2) is 20.8. The van der Waals surface area contributed by atoms with Gasteiger partial charge in [0.05, 0.1) is 5.69 Å². The fourth-order valence-corrected chi connectivity index (χ4v) is 18.9. The van der Waals surface area contributed by atoms with Crippen molar-refractivity contribution in [1.82, 2.24) is 0 Å². The fraction of sp³-hybridized carbons (Fsp3) is 0.419. The summed E-state index contributed by atoms with van der Waals surface area (Å²) in [4.78, 5) is 8.21. The average molecular weight is 1280 g/mol. The zero-order valence-corrected chi connectivity index (χ0v) is 63.7. The van der Waals surface area contributed by atoms with Crippen molar-refractivity contribution in [2.75, 3.05) is 14.7 Å². The molecule has 4 heteroatoms. The molecule has 0 aromatic heterocycles. The number of fused-ring (bicyclic) bond motifs is 11. The Labute approximate surface area is 584 Å². The minimum atomic E-state index is -0.294. The van der Waals surface area contributed by atoms with E-state index >= 15 is 0 Å². The number of hydrogen-bond donors (Lipinski definition) is 0. The number of rotatable bonds is 5. The molecule has 4 aliphatic carbocycles. The van der Waals surface area contributed by atoms with Crippen LogP contribution in [0.15, 0.2) is 152 Å². The Balaban J connectivity index is 1.14. The fourth-order valence-electron chi connectivity index (χ4n) is 18.9. The molecular formula is C93H108BN3. The summed E-state index contributed by atoms with van der Waals surface area (Å²) in [5.74, 6) is 0. The van der Waals surface area contributed by atoms with Gasteiger partial charge in [-0.25, -0.2) is 0 Å². The van der Waals surface area contributed by atoms with Gasteiger partial charge in [0.25, 0.3) is 6.71 Å². The predicted molar refractivity (Wildman–Crippen MR) is 420 cm³/mol. The lowest BCUT2D eigenvalue weighted by molar-refractivity contribution is 0.332. The third-order valence-corrected chi connectivity index (χ3v) is 25.5. The van der Waals surface area contributed by atoms with Gasteiger partial charge < -0.3 is 14.7 Å². The maximum Gasteiger partial charge on any atom is 0.252 e. The van der Waals surface area contributed by atoms with Crippen LogP contribution in [0.4, 0.5) is 51.2 Å². The minimum absolute atomic E-state index is 0.0210. The largest absolute Gasteiger partial charge is 0.311 e. The van der Waals surface area contributed by atoms with Gasteiger partial charge >= 0.3 is 0 Å². The van der Waals surface area contributed by atoms with E-state index < -0.39 is 0 Å². The second-order valence-corrected chi connectivity index (χ2v) is 38.2. The van der Waals surface area contributed by atoms with Crippen LogP contribution in [-0.4, -0.2) is 6.71 Å². The van der Waals surface area contributed by atoms with Gasteiger partial charge in [-0.05, 0) is 249 Å². The molecule has 2 aliphatic heterocycles. The van der Waals surface area contributed by atoms with Crippen LogP contribution in [0.5, 0.6) is 0 Å². The molecule has 0 radical (unpaired) electrons. The van der Waals surface area contributed by atoms with E-state index in [1.807, 2.05) is 0 Å². The van der Waals surface area contributed by atoms with Crippen LogP contribution >= 0.6 is 0 Å². The quantitative estimate of drug-likeness (QED) is 0.159. The topological polar surface area (TPSA) is 9.72 Å². The average Bonchev–Trinajstić information content (AvgIpc) is 1.64. The predicted octanol–water partition coefficient (Wildman–Crippen LogP) is 23.7. The van der Waals surface area contributed by atoms with Crippen LogP contribution in [0.2, 0.25) is 0 Å². The Morgan fingerprint density at radius 2 is 0.660 bits per heavy atom. The number of hydrogen-bond acceptors (Lipinski definition) is 3. The summed E-state index contributed by atoms with van der Waals surface area (Å²) in [6.45, 7) is 60.8. The molecule has 0 atom stereocenters. The monoisotopic (exact) mass is 1280 g/mol. The van der Waals surface area contributed by atoms with Crippen molar-refractivity contribution < 1.29 is 0 Å². The smallest absolute Gasteiger partial charge is 0.252 e. The van der Waals surface area contributed by atoms with Gasteiger partial charge in [-0.2, -0.15) is 0 Å². The van der Waals surface area contributed by atoms with E-state index in [4.69, 9.17) is 0 Å². The molecule has 97 heavy (non-hydrogen) atoms. The zero-order valence-electron chi connectivity index (χ0n) is 63.7. The van der Waals surface area contributed by atoms with Gasteiger partial charge in [-0.3, -0.25) is 0 Å². The van der Waals surface area contributed by atoms with Gasteiger partial charge in [-0.15, -0.1) is 0 Å². The first kappa shape index (κ1) is 65.4. The minimum Gasteiger partial charge on any atom is -0.311 e. The first-order valence-corrected chi connectivity index (χ1v) is 36.8.